The van der Waals surface area contributed by atoms with Crippen LogP contribution in [0.5, 0.6) is 5.75 Å². The summed E-state index contributed by atoms with van der Waals surface area (Å²) in [4.78, 5) is 0. The summed E-state index contributed by atoms with van der Waals surface area (Å²) in [6.45, 7) is 2.11. The van der Waals surface area contributed by atoms with Crippen molar-refractivity contribution in [3.8, 4) is 5.75 Å². The van der Waals surface area contributed by atoms with Crippen LogP contribution in [0.2, 0.25) is 0 Å². The van der Waals surface area contributed by atoms with Crippen LogP contribution in [0.25, 0.3) is 0 Å². The quantitative estimate of drug-likeness (QED) is 0.475. The lowest BCUT2D eigenvalue weighted by molar-refractivity contribution is 0.187. The van der Waals surface area contributed by atoms with Gasteiger partial charge in [0, 0.05) is 11.4 Å². The van der Waals surface area contributed by atoms with Gasteiger partial charge in [-0.05, 0) is 31.0 Å². The highest BCUT2D eigenvalue weighted by Crippen LogP contribution is 2.27. The van der Waals surface area contributed by atoms with Crippen molar-refractivity contribution >= 4 is 17.5 Å². The maximum atomic E-state index is 10.1. The molecule has 4 nitrogen and oxygen atoms in total. The third-order valence-electron chi connectivity index (χ3n) is 2.52. The van der Waals surface area contributed by atoms with Crippen molar-refractivity contribution in [2.45, 2.75) is 19.4 Å². The molecule has 18 heavy (non-hydrogen) atoms. The van der Waals surface area contributed by atoms with E-state index in [1.165, 1.54) is 7.11 Å². The first kappa shape index (κ1) is 14.8. The van der Waals surface area contributed by atoms with Crippen LogP contribution < -0.4 is 4.74 Å². The highest BCUT2D eigenvalue weighted by molar-refractivity contribution is 6.17. The Kier molecular flexibility index (Phi) is 5.95. The molecule has 0 unspecified atom stereocenters. The zero-order valence-corrected chi connectivity index (χ0v) is 11.3. The van der Waals surface area contributed by atoms with Gasteiger partial charge < -0.3 is 14.6 Å². The van der Waals surface area contributed by atoms with Gasteiger partial charge in [-0.3, -0.25) is 5.41 Å². The second kappa shape index (κ2) is 7.24. The number of aliphatic hydroxyl groups is 1. The molecule has 0 aromatic heterocycles. The second-order valence-electron chi connectivity index (χ2n) is 3.72. The first-order valence-corrected chi connectivity index (χ1v) is 6.29. The molecular weight excluding hydrogens is 254 g/mol. The summed E-state index contributed by atoms with van der Waals surface area (Å²) in [5, 5.41) is 17.7. The molecule has 0 fully saturated rings. The van der Waals surface area contributed by atoms with Gasteiger partial charge in [0.1, 0.15) is 5.75 Å². The number of halogens is 1. The lowest BCUT2D eigenvalue weighted by atomic mass is 10.0. The SMILES string of the molecule is CCOC(=N)[C@H](O)c1cc(CCCl)ccc1OC. The third kappa shape index (κ3) is 3.62. The zero-order valence-electron chi connectivity index (χ0n) is 10.6. The molecule has 100 valence electrons. The number of aryl methyl sites for hydroxylation is 1. The summed E-state index contributed by atoms with van der Waals surface area (Å²) in [7, 11) is 1.52. The maximum absolute atomic E-state index is 10.1. The van der Waals surface area contributed by atoms with Crippen molar-refractivity contribution in [3.63, 3.8) is 0 Å². The van der Waals surface area contributed by atoms with Gasteiger partial charge in [-0.15, -0.1) is 11.6 Å². The third-order valence-corrected chi connectivity index (χ3v) is 2.71. The number of nitrogens with one attached hydrogen (secondary N) is 1. The Morgan fingerprint density at radius 3 is 2.78 bits per heavy atom. The predicted molar refractivity (Wildman–Crippen MR) is 71.7 cm³/mol. The lowest BCUT2D eigenvalue weighted by Gasteiger charge is -2.16. The summed E-state index contributed by atoms with van der Waals surface area (Å²) in [6, 6.07) is 5.45. The lowest BCUT2D eigenvalue weighted by Crippen LogP contribution is -2.15. The molecule has 1 aromatic rings. The number of hydrogen-bond acceptors (Lipinski definition) is 4. The van der Waals surface area contributed by atoms with E-state index in [0.29, 0.717) is 30.2 Å². The summed E-state index contributed by atoms with van der Waals surface area (Å²) in [5.74, 6) is 0.856. The van der Waals surface area contributed by atoms with Crippen molar-refractivity contribution in [2.24, 2.45) is 0 Å². The van der Waals surface area contributed by atoms with Crippen LogP contribution in [-0.2, 0) is 11.2 Å². The van der Waals surface area contributed by atoms with Crippen molar-refractivity contribution in [1.82, 2.24) is 0 Å². The van der Waals surface area contributed by atoms with Crippen LogP contribution >= 0.6 is 11.6 Å². The van der Waals surface area contributed by atoms with Gasteiger partial charge in [-0.2, -0.15) is 0 Å². The minimum absolute atomic E-state index is 0.182. The predicted octanol–water partition coefficient (Wildman–Crippen LogP) is 2.52. The van der Waals surface area contributed by atoms with E-state index in [-0.39, 0.29) is 5.90 Å². The Labute approximate surface area is 112 Å². The molecule has 2 N–H and O–H groups in total. The van der Waals surface area contributed by atoms with Gasteiger partial charge in [0.2, 0.25) is 5.90 Å². The molecule has 0 saturated carbocycles. The molecule has 0 spiro atoms. The highest BCUT2D eigenvalue weighted by Gasteiger charge is 2.19. The fraction of sp³-hybridized carbons (Fsp3) is 0.462. The second-order valence-corrected chi connectivity index (χ2v) is 4.09. The van der Waals surface area contributed by atoms with Crippen LogP contribution in [0, 0.1) is 5.41 Å². The van der Waals surface area contributed by atoms with Gasteiger partial charge in [-0.1, -0.05) is 6.07 Å². The van der Waals surface area contributed by atoms with Gasteiger partial charge in [0.25, 0.3) is 0 Å². The monoisotopic (exact) mass is 271 g/mol. The van der Waals surface area contributed by atoms with Gasteiger partial charge in [0.15, 0.2) is 6.10 Å². The largest absolute Gasteiger partial charge is 0.496 e. The van der Waals surface area contributed by atoms with E-state index in [1.54, 1.807) is 19.1 Å². The summed E-state index contributed by atoms with van der Waals surface area (Å²) < 4.78 is 10.2. The Balaban J connectivity index is 3.02. The first-order valence-electron chi connectivity index (χ1n) is 5.76. The van der Waals surface area contributed by atoms with E-state index < -0.39 is 6.10 Å². The van der Waals surface area contributed by atoms with E-state index >= 15 is 0 Å². The fourth-order valence-corrected chi connectivity index (χ4v) is 1.86. The molecular formula is C13H18ClNO3. The molecule has 0 aliphatic rings. The Morgan fingerprint density at radius 2 is 2.22 bits per heavy atom. The average Bonchev–Trinajstić information content (AvgIpc) is 2.38. The van der Waals surface area contributed by atoms with E-state index in [0.717, 1.165) is 5.56 Å². The van der Waals surface area contributed by atoms with E-state index in [1.807, 2.05) is 6.07 Å². The topological polar surface area (TPSA) is 62.5 Å². The fourth-order valence-electron chi connectivity index (χ4n) is 1.64. The van der Waals surface area contributed by atoms with Gasteiger partial charge in [0.05, 0.1) is 13.7 Å². The number of ether oxygens (including phenoxy) is 2. The number of benzene rings is 1. The molecule has 1 atom stereocenters. The van der Waals surface area contributed by atoms with Crippen molar-refractivity contribution < 1.29 is 14.6 Å². The maximum Gasteiger partial charge on any atom is 0.215 e. The number of hydrogen-bond donors (Lipinski definition) is 2. The molecule has 1 rings (SSSR count). The molecule has 0 amide bonds. The van der Waals surface area contributed by atoms with Crippen molar-refractivity contribution in [2.75, 3.05) is 19.6 Å². The molecule has 0 aliphatic carbocycles. The van der Waals surface area contributed by atoms with Crippen LogP contribution in [0.15, 0.2) is 18.2 Å². The van der Waals surface area contributed by atoms with Gasteiger partial charge >= 0.3 is 0 Å². The number of rotatable bonds is 6. The molecule has 0 radical (unpaired) electrons. The first-order chi connectivity index (χ1) is 8.63. The Hall–Kier alpha value is -1.26. The van der Waals surface area contributed by atoms with Crippen molar-refractivity contribution in [3.05, 3.63) is 29.3 Å². The van der Waals surface area contributed by atoms with E-state index in [4.69, 9.17) is 26.5 Å². The van der Waals surface area contributed by atoms with Crippen LogP contribution in [0.1, 0.15) is 24.2 Å². The van der Waals surface area contributed by atoms with Crippen LogP contribution in [-0.4, -0.2) is 30.6 Å². The van der Waals surface area contributed by atoms with E-state index in [9.17, 15) is 5.11 Å². The minimum Gasteiger partial charge on any atom is -0.496 e. The number of methoxy groups -OCH3 is 1. The van der Waals surface area contributed by atoms with Crippen LogP contribution in [0.3, 0.4) is 0 Å². The molecule has 0 bridgehead atoms. The Morgan fingerprint density at radius 1 is 1.50 bits per heavy atom. The standard InChI is InChI=1S/C13H18ClNO3/c1-3-18-13(15)12(16)10-8-9(6-7-14)4-5-11(10)17-2/h4-5,8,12,15-16H,3,6-7H2,1-2H3/t12-/m1/s1. The average molecular weight is 272 g/mol. The van der Waals surface area contributed by atoms with Crippen LogP contribution in [0.4, 0.5) is 0 Å². The molecule has 5 heteroatoms. The molecule has 1 aromatic carbocycles. The Bertz CT molecular complexity index is 409. The summed E-state index contributed by atoms with van der Waals surface area (Å²) >= 11 is 5.69. The smallest absolute Gasteiger partial charge is 0.215 e. The molecule has 0 heterocycles. The molecule has 0 saturated heterocycles. The zero-order chi connectivity index (χ0) is 13.5. The highest BCUT2D eigenvalue weighted by atomic mass is 35.5. The normalized spacial score (nSPS) is 12.0. The summed E-state index contributed by atoms with van der Waals surface area (Å²) in [5.41, 5.74) is 1.52. The minimum atomic E-state index is -1.12. The van der Waals surface area contributed by atoms with Crippen molar-refractivity contribution in [1.29, 1.82) is 5.41 Å². The van der Waals surface area contributed by atoms with Gasteiger partial charge in [-0.25, -0.2) is 0 Å². The molecule has 0 aliphatic heterocycles. The number of aliphatic hydroxyl groups excluding tert-OH is 1. The van der Waals surface area contributed by atoms with E-state index in [2.05, 4.69) is 0 Å². The number of alkyl halides is 1. The summed E-state index contributed by atoms with van der Waals surface area (Å²) in [6.07, 6.45) is -0.414.